The average molecular weight is 189 g/mol. The Morgan fingerprint density at radius 2 is 2.08 bits per heavy atom. The highest BCUT2D eigenvalue weighted by atomic mass is 16.5. The van der Waals surface area contributed by atoms with E-state index < -0.39 is 0 Å². The molecule has 0 aliphatic heterocycles. The minimum absolute atomic E-state index is 0.140. The van der Waals surface area contributed by atoms with Crippen molar-refractivity contribution < 1.29 is 9.84 Å². The molecule has 13 heavy (non-hydrogen) atoms. The summed E-state index contributed by atoms with van der Waals surface area (Å²) in [5.41, 5.74) is 5.38. The maximum absolute atomic E-state index is 9.05. The molecule has 0 fully saturated rings. The van der Waals surface area contributed by atoms with Crippen molar-refractivity contribution in [3.05, 3.63) is 0 Å². The van der Waals surface area contributed by atoms with Crippen LogP contribution in [0.25, 0.3) is 0 Å². The largest absolute Gasteiger partial charge is 0.396 e. The topological polar surface area (TPSA) is 55.5 Å². The molecule has 0 aliphatic rings. The Labute approximate surface area is 81.3 Å². The van der Waals surface area contributed by atoms with Crippen LogP contribution < -0.4 is 5.73 Å². The van der Waals surface area contributed by atoms with Crippen LogP contribution in [0.15, 0.2) is 0 Å². The van der Waals surface area contributed by atoms with E-state index in [0.717, 1.165) is 25.9 Å². The molecule has 0 aromatic carbocycles. The number of hydrogen-bond donors (Lipinski definition) is 2. The van der Waals surface area contributed by atoms with E-state index in [-0.39, 0.29) is 12.0 Å². The first-order valence-corrected chi connectivity index (χ1v) is 5.07. The quantitative estimate of drug-likeness (QED) is 0.563. The Morgan fingerprint density at radius 3 is 2.54 bits per heavy atom. The van der Waals surface area contributed by atoms with Crippen molar-refractivity contribution in [3.63, 3.8) is 0 Å². The zero-order valence-corrected chi connectivity index (χ0v) is 8.88. The predicted molar refractivity (Wildman–Crippen MR) is 54.6 cm³/mol. The number of rotatable bonds is 8. The van der Waals surface area contributed by atoms with Crippen molar-refractivity contribution in [1.82, 2.24) is 0 Å². The summed E-state index contributed by atoms with van der Waals surface area (Å²) in [6, 6.07) is 0. The van der Waals surface area contributed by atoms with Crippen LogP contribution >= 0.6 is 0 Å². The Hall–Kier alpha value is -0.120. The SMILES string of the molecule is CCCCOCCC(C)(CN)CO. The van der Waals surface area contributed by atoms with Crippen LogP contribution in [0.1, 0.15) is 33.1 Å². The van der Waals surface area contributed by atoms with Gasteiger partial charge in [-0.15, -0.1) is 0 Å². The Morgan fingerprint density at radius 1 is 1.38 bits per heavy atom. The van der Waals surface area contributed by atoms with Crippen molar-refractivity contribution in [1.29, 1.82) is 0 Å². The lowest BCUT2D eigenvalue weighted by Crippen LogP contribution is -2.32. The van der Waals surface area contributed by atoms with Crippen LogP contribution in [-0.4, -0.2) is 31.5 Å². The van der Waals surface area contributed by atoms with E-state index >= 15 is 0 Å². The summed E-state index contributed by atoms with van der Waals surface area (Å²) in [4.78, 5) is 0. The summed E-state index contributed by atoms with van der Waals surface area (Å²) in [7, 11) is 0. The fourth-order valence-corrected chi connectivity index (χ4v) is 0.913. The van der Waals surface area contributed by atoms with Gasteiger partial charge in [-0.2, -0.15) is 0 Å². The molecule has 3 heteroatoms. The minimum atomic E-state index is -0.161. The first-order valence-electron chi connectivity index (χ1n) is 5.07. The zero-order valence-electron chi connectivity index (χ0n) is 8.88. The highest BCUT2D eigenvalue weighted by Gasteiger charge is 2.20. The van der Waals surface area contributed by atoms with E-state index in [0.29, 0.717) is 13.2 Å². The van der Waals surface area contributed by atoms with Crippen LogP contribution in [0.3, 0.4) is 0 Å². The maximum atomic E-state index is 9.05. The van der Waals surface area contributed by atoms with Gasteiger partial charge in [0.05, 0.1) is 0 Å². The standard InChI is InChI=1S/C10H23NO2/c1-3-4-6-13-7-5-10(2,8-11)9-12/h12H,3-9,11H2,1-2H3. The summed E-state index contributed by atoms with van der Waals surface area (Å²) in [5.74, 6) is 0. The van der Waals surface area contributed by atoms with Gasteiger partial charge >= 0.3 is 0 Å². The lowest BCUT2D eigenvalue weighted by Gasteiger charge is -2.24. The summed E-state index contributed by atoms with van der Waals surface area (Å²) < 4.78 is 5.41. The van der Waals surface area contributed by atoms with E-state index in [9.17, 15) is 0 Å². The van der Waals surface area contributed by atoms with Gasteiger partial charge in [0, 0.05) is 25.2 Å². The lowest BCUT2D eigenvalue weighted by atomic mass is 9.88. The molecule has 0 bridgehead atoms. The van der Waals surface area contributed by atoms with E-state index in [1.54, 1.807) is 0 Å². The van der Waals surface area contributed by atoms with Gasteiger partial charge in [0.25, 0.3) is 0 Å². The first-order chi connectivity index (χ1) is 6.18. The fraction of sp³-hybridized carbons (Fsp3) is 1.00. The second-order valence-electron chi connectivity index (χ2n) is 3.89. The summed E-state index contributed by atoms with van der Waals surface area (Å²) in [6.07, 6.45) is 3.11. The van der Waals surface area contributed by atoms with E-state index in [4.69, 9.17) is 15.6 Å². The molecule has 0 saturated heterocycles. The van der Waals surface area contributed by atoms with Crippen molar-refractivity contribution in [2.45, 2.75) is 33.1 Å². The second-order valence-corrected chi connectivity index (χ2v) is 3.89. The van der Waals surface area contributed by atoms with E-state index in [1.807, 2.05) is 6.92 Å². The first kappa shape index (κ1) is 12.9. The van der Waals surface area contributed by atoms with Crippen LogP contribution in [0.2, 0.25) is 0 Å². The maximum Gasteiger partial charge on any atom is 0.0497 e. The van der Waals surface area contributed by atoms with Gasteiger partial charge in [-0.3, -0.25) is 0 Å². The third-order valence-electron chi connectivity index (χ3n) is 2.37. The Balaban J connectivity index is 3.39. The van der Waals surface area contributed by atoms with Crippen molar-refractivity contribution >= 4 is 0 Å². The molecular weight excluding hydrogens is 166 g/mol. The monoisotopic (exact) mass is 189 g/mol. The molecule has 3 N–H and O–H groups in total. The van der Waals surface area contributed by atoms with Gasteiger partial charge in [-0.1, -0.05) is 20.3 Å². The molecule has 0 amide bonds. The number of aliphatic hydroxyl groups is 1. The third kappa shape index (κ3) is 6.02. The minimum Gasteiger partial charge on any atom is -0.396 e. The Bertz CT molecular complexity index is 113. The molecule has 3 nitrogen and oxygen atoms in total. The normalized spacial score (nSPS) is 15.7. The zero-order chi connectivity index (χ0) is 10.2. The number of nitrogens with two attached hydrogens (primary N) is 1. The van der Waals surface area contributed by atoms with E-state index in [1.165, 1.54) is 0 Å². The van der Waals surface area contributed by atoms with Gasteiger partial charge in [-0.05, 0) is 19.4 Å². The molecular formula is C10H23NO2. The lowest BCUT2D eigenvalue weighted by molar-refractivity contribution is 0.0697. The second kappa shape index (κ2) is 7.30. The van der Waals surface area contributed by atoms with Gasteiger partial charge in [0.2, 0.25) is 0 Å². The number of hydrogen-bond acceptors (Lipinski definition) is 3. The third-order valence-corrected chi connectivity index (χ3v) is 2.37. The molecule has 0 spiro atoms. The number of unbranched alkanes of at least 4 members (excludes halogenated alkanes) is 1. The van der Waals surface area contributed by atoms with Gasteiger partial charge < -0.3 is 15.6 Å². The molecule has 0 radical (unpaired) electrons. The number of ether oxygens (including phenoxy) is 1. The molecule has 0 heterocycles. The highest BCUT2D eigenvalue weighted by molar-refractivity contribution is 4.73. The van der Waals surface area contributed by atoms with Gasteiger partial charge in [0.1, 0.15) is 0 Å². The molecule has 0 rings (SSSR count). The molecule has 1 atom stereocenters. The Kier molecular flexibility index (Phi) is 7.23. The van der Waals surface area contributed by atoms with Crippen LogP contribution in [0.5, 0.6) is 0 Å². The number of aliphatic hydroxyl groups excluding tert-OH is 1. The smallest absolute Gasteiger partial charge is 0.0497 e. The summed E-state index contributed by atoms with van der Waals surface area (Å²) >= 11 is 0. The van der Waals surface area contributed by atoms with Crippen LogP contribution in [0, 0.1) is 5.41 Å². The molecule has 0 aromatic heterocycles. The van der Waals surface area contributed by atoms with Crippen molar-refractivity contribution in [2.75, 3.05) is 26.4 Å². The van der Waals surface area contributed by atoms with Crippen LogP contribution in [-0.2, 0) is 4.74 Å². The van der Waals surface area contributed by atoms with Gasteiger partial charge in [-0.25, -0.2) is 0 Å². The average Bonchev–Trinajstić information content (AvgIpc) is 2.17. The predicted octanol–water partition coefficient (Wildman–Crippen LogP) is 1.15. The van der Waals surface area contributed by atoms with Gasteiger partial charge in [0.15, 0.2) is 0 Å². The fourth-order valence-electron chi connectivity index (χ4n) is 0.913. The highest BCUT2D eigenvalue weighted by Crippen LogP contribution is 2.18. The van der Waals surface area contributed by atoms with Crippen LogP contribution in [0.4, 0.5) is 0 Å². The van der Waals surface area contributed by atoms with E-state index in [2.05, 4.69) is 6.92 Å². The van der Waals surface area contributed by atoms with Crippen molar-refractivity contribution in [2.24, 2.45) is 11.1 Å². The summed E-state index contributed by atoms with van der Waals surface area (Å²) in [5, 5.41) is 9.05. The molecule has 1 unspecified atom stereocenters. The molecule has 80 valence electrons. The molecule has 0 aromatic rings. The molecule has 0 aliphatic carbocycles. The summed E-state index contributed by atoms with van der Waals surface area (Å²) in [6.45, 7) is 6.30. The molecule has 0 saturated carbocycles. The van der Waals surface area contributed by atoms with Crippen molar-refractivity contribution in [3.8, 4) is 0 Å².